The number of hydrogen-bond acceptors (Lipinski definition) is 3. The lowest BCUT2D eigenvalue weighted by Gasteiger charge is -2.05. The molecule has 0 heterocycles. The zero-order chi connectivity index (χ0) is 14.7. The molecule has 104 valence electrons. The summed E-state index contributed by atoms with van der Waals surface area (Å²) in [5.41, 5.74) is -1.54. The van der Waals surface area contributed by atoms with Crippen molar-refractivity contribution < 1.29 is 26.1 Å². The summed E-state index contributed by atoms with van der Waals surface area (Å²) in [6.45, 7) is 6.35. The molecule has 0 atom stereocenters. The zero-order valence-electron chi connectivity index (χ0n) is 9.91. The van der Waals surface area contributed by atoms with Crippen molar-refractivity contribution in [2.24, 2.45) is 0 Å². The monoisotopic (exact) mass is 302 g/mol. The average Bonchev–Trinajstić information content (AvgIpc) is 2.19. The van der Waals surface area contributed by atoms with Gasteiger partial charge in [0.05, 0.1) is 0 Å². The van der Waals surface area contributed by atoms with E-state index in [1.54, 1.807) is 0 Å². The molecule has 0 aliphatic carbocycles. The van der Waals surface area contributed by atoms with Crippen LogP contribution in [0.25, 0.3) is 0 Å². The van der Waals surface area contributed by atoms with Gasteiger partial charge in [0.2, 0.25) is 0 Å². The van der Waals surface area contributed by atoms with Gasteiger partial charge in [-0.15, -0.1) is 12.6 Å². The summed E-state index contributed by atoms with van der Waals surface area (Å²) in [6, 6.07) is 4.14. The van der Waals surface area contributed by atoms with Crippen molar-refractivity contribution in [3.8, 4) is 0 Å². The number of halogens is 3. The zero-order valence-corrected chi connectivity index (χ0v) is 11.6. The molecule has 0 saturated carbocycles. The van der Waals surface area contributed by atoms with E-state index >= 15 is 0 Å². The van der Waals surface area contributed by atoms with Gasteiger partial charge in [-0.3, -0.25) is 4.55 Å². The smallest absolute Gasteiger partial charge is 0.279 e. The highest BCUT2D eigenvalue weighted by Crippen LogP contribution is 2.20. The van der Waals surface area contributed by atoms with Crippen LogP contribution in [0.4, 0.5) is 13.2 Å². The Balaban J connectivity index is 0.000000331. The van der Waals surface area contributed by atoms with Crippen LogP contribution in [0.3, 0.4) is 0 Å². The largest absolute Gasteiger partial charge is 0.522 e. The lowest BCUT2D eigenvalue weighted by molar-refractivity contribution is -0.0510. The molecule has 0 aromatic heterocycles. The standard InChI is InChI=1S/C9H12S.CHF3O3S/c1-6-4-5-9(10)8(3)7(6)2;2-1(3,4)8(5,6)7/h4-5,10H,1-3H3;(H,5,6,7). The van der Waals surface area contributed by atoms with E-state index < -0.39 is 15.6 Å². The number of thiol groups is 1. The Hall–Kier alpha value is -0.730. The normalized spacial score (nSPS) is 11.8. The fraction of sp³-hybridized carbons (Fsp3) is 0.400. The summed E-state index contributed by atoms with van der Waals surface area (Å²) in [5, 5.41) is 0. The third-order valence-electron chi connectivity index (χ3n) is 2.32. The van der Waals surface area contributed by atoms with Crippen LogP contribution in [0.1, 0.15) is 16.7 Å². The van der Waals surface area contributed by atoms with Gasteiger partial charge in [-0.05, 0) is 43.5 Å². The highest BCUT2D eigenvalue weighted by Gasteiger charge is 2.44. The Morgan fingerprint density at radius 3 is 1.78 bits per heavy atom. The molecule has 1 rings (SSSR count). The fourth-order valence-corrected chi connectivity index (χ4v) is 1.18. The topological polar surface area (TPSA) is 54.4 Å². The molecule has 1 aromatic carbocycles. The lowest BCUT2D eigenvalue weighted by Crippen LogP contribution is -2.21. The molecule has 0 amide bonds. The van der Waals surface area contributed by atoms with E-state index in [4.69, 9.17) is 13.0 Å². The minimum absolute atomic E-state index is 1.09. The van der Waals surface area contributed by atoms with E-state index in [9.17, 15) is 13.2 Å². The molecule has 3 nitrogen and oxygen atoms in total. The van der Waals surface area contributed by atoms with E-state index in [1.807, 2.05) is 6.07 Å². The summed E-state index contributed by atoms with van der Waals surface area (Å²) in [6.07, 6.45) is 0. The van der Waals surface area contributed by atoms with Gasteiger partial charge < -0.3 is 0 Å². The highest BCUT2D eigenvalue weighted by molar-refractivity contribution is 7.86. The van der Waals surface area contributed by atoms with Crippen molar-refractivity contribution in [1.29, 1.82) is 0 Å². The molecule has 1 aromatic rings. The van der Waals surface area contributed by atoms with Gasteiger partial charge in [-0.1, -0.05) is 6.07 Å². The predicted molar refractivity (Wildman–Crippen MR) is 65.5 cm³/mol. The Labute approximate surface area is 109 Å². The second kappa shape index (κ2) is 5.94. The number of rotatable bonds is 0. The molecule has 0 fully saturated rings. The van der Waals surface area contributed by atoms with Crippen LogP contribution in [0.15, 0.2) is 17.0 Å². The van der Waals surface area contributed by atoms with Crippen molar-refractivity contribution in [1.82, 2.24) is 0 Å². The molecule has 0 bridgehead atoms. The number of benzene rings is 1. The molecule has 0 aliphatic heterocycles. The summed E-state index contributed by atoms with van der Waals surface area (Å²) < 4.78 is 57.5. The predicted octanol–water partition coefficient (Wildman–Crippen LogP) is 3.29. The van der Waals surface area contributed by atoms with E-state index in [0.717, 1.165) is 4.90 Å². The molecule has 18 heavy (non-hydrogen) atoms. The molecular weight excluding hydrogens is 289 g/mol. The highest BCUT2D eigenvalue weighted by atomic mass is 32.2. The van der Waals surface area contributed by atoms with E-state index in [-0.39, 0.29) is 0 Å². The SMILES string of the molecule is Cc1ccc(S)c(C)c1C.O=S(=O)(O)C(F)(F)F. The van der Waals surface area contributed by atoms with E-state index in [2.05, 4.69) is 39.5 Å². The Kier molecular flexibility index (Phi) is 5.70. The minimum atomic E-state index is -5.84. The van der Waals surface area contributed by atoms with Crippen molar-refractivity contribution in [2.75, 3.05) is 0 Å². The van der Waals surface area contributed by atoms with Gasteiger partial charge in [0.15, 0.2) is 0 Å². The Bertz CT molecular complexity index is 495. The van der Waals surface area contributed by atoms with Crippen molar-refractivity contribution in [3.05, 3.63) is 28.8 Å². The summed E-state index contributed by atoms with van der Waals surface area (Å²) in [7, 11) is -5.84. The summed E-state index contributed by atoms with van der Waals surface area (Å²) >= 11 is 4.31. The van der Waals surface area contributed by atoms with Crippen LogP contribution in [0, 0.1) is 20.8 Å². The van der Waals surface area contributed by atoms with Gasteiger partial charge >= 0.3 is 15.6 Å². The van der Waals surface area contributed by atoms with Gasteiger partial charge in [-0.25, -0.2) is 0 Å². The first-order chi connectivity index (χ1) is 7.88. The molecule has 8 heteroatoms. The van der Waals surface area contributed by atoms with Crippen LogP contribution >= 0.6 is 12.6 Å². The number of aryl methyl sites for hydroxylation is 1. The molecule has 0 saturated heterocycles. The Morgan fingerprint density at radius 1 is 1.11 bits per heavy atom. The maximum atomic E-state index is 10.7. The summed E-state index contributed by atoms with van der Waals surface area (Å²) in [5.74, 6) is 0. The van der Waals surface area contributed by atoms with Gasteiger partial charge in [-0.2, -0.15) is 21.6 Å². The third-order valence-corrected chi connectivity index (χ3v) is 3.39. The number of alkyl halides is 3. The first-order valence-corrected chi connectivity index (χ1v) is 6.56. The first kappa shape index (κ1) is 17.3. The maximum absolute atomic E-state index is 10.7. The van der Waals surface area contributed by atoms with Crippen molar-refractivity contribution >= 4 is 22.7 Å². The Morgan fingerprint density at radius 2 is 1.50 bits per heavy atom. The van der Waals surface area contributed by atoms with Crippen molar-refractivity contribution in [2.45, 2.75) is 31.2 Å². The molecule has 0 radical (unpaired) electrons. The van der Waals surface area contributed by atoms with Crippen LogP contribution in [-0.2, 0) is 10.1 Å². The van der Waals surface area contributed by atoms with Crippen LogP contribution in [0.5, 0.6) is 0 Å². The van der Waals surface area contributed by atoms with E-state index in [0.29, 0.717) is 0 Å². The first-order valence-electron chi connectivity index (χ1n) is 4.67. The van der Waals surface area contributed by atoms with Crippen LogP contribution in [0.2, 0.25) is 0 Å². The molecule has 0 spiro atoms. The fourth-order valence-electron chi connectivity index (χ4n) is 0.942. The van der Waals surface area contributed by atoms with Crippen LogP contribution in [-0.4, -0.2) is 18.5 Å². The van der Waals surface area contributed by atoms with Gasteiger partial charge in [0.25, 0.3) is 0 Å². The molecular formula is C10H13F3O3S2. The minimum Gasteiger partial charge on any atom is -0.279 e. The lowest BCUT2D eigenvalue weighted by atomic mass is 10.1. The molecule has 1 N–H and O–H groups in total. The second-order valence-electron chi connectivity index (χ2n) is 3.57. The molecule has 0 aliphatic rings. The van der Waals surface area contributed by atoms with Gasteiger partial charge in [0.1, 0.15) is 0 Å². The average molecular weight is 302 g/mol. The molecule has 0 unspecified atom stereocenters. The third kappa shape index (κ3) is 4.87. The van der Waals surface area contributed by atoms with Gasteiger partial charge in [0, 0.05) is 4.90 Å². The maximum Gasteiger partial charge on any atom is 0.522 e. The number of hydrogen-bond donors (Lipinski definition) is 2. The van der Waals surface area contributed by atoms with E-state index in [1.165, 1.54) is 16.7 Å². The van der Waals surface area contributed by atoms with Crippen LogP contribution < -0.4 is 0 Å². The summed E-state index contributed by atoms with van der Waals surface area (Å²) in [4.78, 5) is 1.09. The quantitative estimate of drug-likeness (QED) is 0.439. The van der Waals surface area contributed by atoms with Crippen molar-refractivity contribution in [3.63, 3.8) is 0 Å². The second-order valence-corrected chi connectivity index (χ2v) is 5.47.